The molecule has 2 heterocycles. The average Bonchev–Trinajstić information content (AvgIpc) is 3.42. The van der Waals surface area contributed by atoms with Crippen molar-refractivity contribution in [2.75, 3.05) is 13.7 Å². The molecule has 0 spiro atoms. The molecular weight excluding hydrogens is 522 g/mol. The highest BCUT2D eigenvalue weighted by molar-refractivity contribution is 5.85. The quantitative estimate of drug-likeness (QED) is 0.123. The van der Waals surface area contributed by atoms with Gasteiger partial charge in [-0.3, -0.25) is 4.79 Å². The van der Waals surface area contributed by atoms with Gasteiger partial charge in [0.05, 0.1) is 30.8 Å². The molecule has 0 N–H and O–H groups in total. The number of methoxy groups -OCH3 is 1. The molecule has 0 aliphatic rings. The molecule has 0 aliphatic heterocycles. The second-order valence-corrected chi connectivity index (χ2v) is 9.18. The molecule has 9 nitrogen and oxygen atoms in total. The van der Waals surface area contributed by atoms with Crippen LogP contribution in [0.2, 0.25) is 0 Å². The van der Waals surface area contributed by atoms with Crippen molar-refractivity contribution in [3.8, 4) is 23.1 Å². The molecule has 208 valence electrons. The smallest absolute Gasteiger partial charge is 0.347 e. The molecule has 1 atom stereocenters. The standard InChI is InChI=1S/C32H29N3O6/c1-5-11-23-16-21(17-27(38-4)29(23)40-20(3)32(37)39-6-2)19-33-35-30(28-18-22-12-7-10-15-26(22)41-28)34-25-14-9-8-13-24(25)31(35)36/h5,7-10,12-20H,1,6,11H2,2-4H3/t20-/m0/s1. The minimum atomic E-state index is -0.847. The molecule has 0 fully saturated rings. The van der Waals surface area contributed by atoms with Crippen molar-refractivity contribution in [3.63, 3.8) is 0 Å². The van der Waals surface area contributed by atoms with E-state index in [4.69, 9.17) is 23.6 Å². The Hall–Kier alpha value is -5.18. The van der Waals surface area contributed by atoms with Gasteiger partial charge in [0.2, 0.25) is 5.82 Å². The number of carbonyl (C=O) groups excluding carboxylic acids is 1. The van der Waals surface area contributed by atoms with E-state index >= 15 is 0 Å². The van der Waals surface area contributed by atoms with Gasteiger partial charge in [-0.25, -0.2) is 9.78 Å². The van der Waals surface area contributed by atoms with Crippen LogP contribution in [0.3, 0.4) is 0 Å². The van der Waals surface area contributed by atoms with Crippen molar-refractivity contribution in [1.29, 1.82) is 0 Å². The lowest BCUT2D eigenvalue weighted by molar-refractivity contribution is -0.150. The van der Waals surface area contributed by atoms with E-state index in [2.05, 4.69) is 11.7 Å². The predicted molar refractivity (Wildman–Crippen MR) is 158 cm³/mol. The van der Waals surface area contributed by atoms with E-state index in [-0.39, 0.29) is 18.0 Å². The first kappa shape index (κ1) is 27.4. The predicted octanol–water partition coefficient (Wildman–Crippen LogP) is 5.76. The SMILES string of the molecule is C=CCc1cc(C=Nn2c(-c3cc4ccccc4o3)nc3ccccc3c2=O)cc(OC)c1O[C@@H](C)C(=O)OCC. The van der Waals surface area contributed by atoms with Crippen molar-refractivity contribution in [2.45, 2.75) is 26.4 Å². The van der Waals surface area contributed by atoms with E-state index in [0.717, 1.165) is 10.9 Å². The second kappa shape index (κ2) is 11.9. The highest BCUT2D eigenvalue weighted by atomic mass is 16.6. The van der Waals surface area contributed by atoms with Crippen LogP contribution >= 0.6 is 0 Å². The third-order valence-corrected chi connectivity index (χ3v) is 6.37. The number of benzene rings is 3. The van der Waals surface area contributed by atoms with E-state index in [1.165, 1.54) is 18.0 Å². The van der Waals surface area contributed by atoms with Crippen molar-refractivity contribution in [2.24, 2.45) is 5.10 Å². The zero-order chi connectivity index (χ0) is 28.9. The van der Waals surface area contributed by atoms with Gasteiger partial charge in [0.15, 0.2) is 23.4 Å². The van der Waals surface area contributed by atoms with Gasteiger partial charge in [0.1, 0.15) is 5.58 Å². The normalized spacial score (nSPS) is 12.1. The second-order valence-electron chi connectivity index (χ2n) is 9.18. The summed E-state index contributed by atoms with van der Waals surface area (Å²) in [7, 11) is 1.51. The summed E-state index contributed by atoms with van der Waals surface area (Å²) in [5.74, 6) is 0.988. The first-order valence-electron chi connectivity index (χ1n) is 13.1. The lowest BCUT2D eigenvalue weighted by Gasteiger charge is -2.19. The number of para-hydroxylation sites is 2. The van der Waals surface area contributed by atoms with Crippen LogP contribution < -0.4 is 15.0 Å². The Labute approximate surface area is 236 Å². The zero-order valence-electron chi connectivity index (χ0n) is 23.0. The minimum absolute atomic E-state index is 0.248. The summed E-state index contributed by atoms with van der Waals surface area (Å²) in [6.07, 6.45) is 2.85. The maximum Gasteiger partial charge on any atom is 0.347 e. The summed E-state index contributed by atoms with van der Waals surface area (Å²) < 4.78 is 23.9. The molecule has 9 heteroatoms. The van der Waals surface area contributed by atoms with Gasteiger partial charge in [0.25, 0.3) is 5.56 Å². The van der Waals surface area contributed by atoms with Crippen LogP contribution in [0.4, 0.5) is 0 Å². The van der Waals surface area contributed by atoms with Crippen molar-refractivity contribution >= 4 is 34.1 Å². The highest BCUT2D eigenvalue weighted by Gasteiger charge is 2.21. The molecule has 5 aromatic rings. The van der Waals surface area contributed by atoms with Crippen molar-refractivity contribution < 1.29 is 23.4 Å². The summed E-state index contributed by atoms with van der Waals surface area (Å²) in [4.78, 5) is 30.5. The van der Waals surface area contributed by atoms with Gasteiger partial charge in [-0.2, -0.15) is 9.78 Å². The topological polar surface area (TPSA) is 105 Å². The maximum absolute atomic E-state index is 13.6. The van der Waals surface area contributed by atoms with Crippen LogP contribution in [0, 0.1) is 0 Å². The van der Waals surface area contributed by atoms with Crippen LogP contribution in [0.25, 0.3) is 33.5 Å². The largest absolute Gasteiger partial charge is 0.493 e. The van der Waals surface area contributed by atoms with Crippen LogP contribution in [0.15, 0.2) is 93.7 Å². The third-order valence-electron chi connectivity index (χ3n) is 6.37. The van der Waals surface area contributed by atoms with E-state index in [0.29, 0.717) is 45.7 Å². The Bertz CT molecular complexity index is 1800. The fraction of sp³-hybridized carbons (Fsp3) is 0.188. The number of allylic oxidation sites excluding steroid dienone is 1. The van der Waals surface area contributed by atoms with Crippen LogP contribution in [-0.2, 0) is 16.0 Å². The number of rotatable bonds is 10. The van der Waals surface area contributed by atoms with Gasteiger partial charge in [0, 0.05) is 10.9 Å². The monoisotopic (exact) mass is 551 g/mol. The minimum Gasteiger partial charge on any atom is -0.493 e. The average molecular weight is 552 g/mol. The molecule has 0 amide bonds. The Morgan fingerprint density at radius 1 is 1.15 bits per heavy atom. The molecule has 0 saturated heterocycles. The summed E-state index contributed by atoms with van der Waals surface area (Å²) in [5, 5.41) is 5.86. The van der Waals surface area contributed by atoms with E-state index < -0.39 is 12.1 Å². The number of aromatic nitrogens is 2. The number of fused-ring (bicyclic) bond motifs is 2. The fourth-order valence-electron chi connectivity index (χ4n) is 4.44. The Morgan fingerprint density at radius 3 is 2.68 bits per heavy atom. The third kappa shape index (κ3) is 5.60. The number of hydrogen-bond donors (Lipinski definition) is 0. The van der Waals surface area contributed by atoms with Gasteiger partial charge in [-0.15, -0.1) is 6.58 Å². The first-order valence-corrected chi connectivity index (χ1v) is 13.1. The molecule has 0 radical (unpaired) electrons. The summed E-state index contributed by atoms with van der Waals surface area (Å²) in [5.41, 5.74) is 2.21. The van der Waals surface area contributed by atoms with E-state index in [1.54, 1.807) is 44.2 Å². The Kier molecular flexibility index (Phi) is 7.96. The maximum atomic E-state index is 13.6. The Morgan fingerprint density at radius 2 is 1.93 bits per heavy atom. The van der Waals surface area contributed by atoms with Crippen LogP contribution in [-0.4, -0.2) is 41.7 Å². The van der Waals surface area contributed by atoms with Gasteiger partial charge in [-0.05, 0) is 62.2 Å². The number of esters is 1. The van der Waals surface area contributed by atoms with Gasteiger partial charge < -0.3 is 18.6 Å². The number of hydrogen-bond acceptors (Lipinski definition) is 8. The molecule has 0 aliphatic carbocycles. The van der Waals surface area contributed by atoms with Crippen LogP contribution in [0.5, 0.6) is 11.5 Å². The number of nitrogens with zero attached hydrogens (tertiary/aromatic N) is 3. The molecule has 0 bridgehead atoms. The number of ether oxygens (including phenoxy) is 3. The lowest BCUT2D eigenvalue weighted by atomic mass is 10.1. The summed E-state index contributed by atoms with van der Waals surface area (Å²) >= 11 is 0. The van der Waals surface area contributed by atoms with Crippen LogP contribution in [0.1, 0.15) is 25.0 Å². The molecule has 0 saturated carbocycles. The van der Waals surface area contributed by atoms with Gasteiger partial charge in [-0.1, -0.05) is 36.4 Å². The zero-order valence-corrected chi connectivity index (χ0v) is 23.0. The van der Waals surface area contributed by atoms with E-state index in [9.17, 15) is 9.59 Å². The van der Waals surface area contributed by atoms with Gasteiger partial charge >= 0.3 is 5.97 Å². The van der Waals surface area contributed by atoms with Crippen molar-refractivity contribution in [3.05, 3.63) is 101 Å². The number of furan rings is 1. The first-order chi connectivity index (χ1) is 19.9. The molecule has 0 unspecified atom stereocenters. The lowest BCUT2D eigenvalue weighted by Crippen LogP contribution is -2.26. The molecule has 5 rings (SSSR count). The molecular formula is C32H29N3O6. The fourth-order valence-corrected chi connectivity index (χ4v) is 4.44. The summed E-state index contributed by atoms with van der Waals surface area (Å²) in [6, 6.07) is 20.0. The number of carbonyl (C=O) groups is 1. The van der Waals surface area contributed by atoms with E-state index in [1.807, 2.05) is 42.5 Å². The Balaban J connectivity index is 1.61. The molecule has 2 aromatic heterocycles. The summed E-state index contributed by atoms with van der Waals surface area (Å²) in [6.45, 7) is 7.43. The molecule has 41 heavy (non-hydrogen) atoms. The highest BCUT2D eigenvalue weighted by Crippen LogP contribution is 2.34. The molecule has 3 aromatic carbocycles. The van der Waals surface area contributed by atoms with Crippen molar-refractivity contribution in [1.82, 2.24) is 9.66 Å².